The van der Waals surface area contributed by atoms with Crippen LogP contribution in [0.5, 0.6) is 0 Å². The summed E-state index contributed by atoms with van der Waals surface area (Å²) in [7, 11) is 0. The first-order valence-corrected chi connectivity index (χ1v) is 11.4. The van der Waals surface area contributed by atoms with Crippen LogP contribution in [-0.2, 0) is 19.1 Å². The molecule has 1 aliphatic heterocycles. The quantitative estimate of drug-likeness (QED) is 0.500. The maximum atomic E-state index is 13.1. The Morgan fingerprint density at radius 3 is 2.29 bits per heavy atom. The average molecular weight is 488 g/mol. The summed E-state index contributed by atoms with van der Waals surface area (Å²) in [5, 5.41) is 13.4. The number of nitrogens with one attached hydrogen (secondary N) is 2. The van der Waals surface area contributed by atoms with Gasteiger partial charge in [0.25, 0.3) is 6.43 Å². The van der Waals surface area contributed by atoms with Crippen molar-refractivity contribution in [1.82, 2.24) is 10.6 Å². The van der Waals surface area contributed by atoms with Crippen LogP contribution in [0.4, 0.5) is 13.6 Å². The van der Waals surface area contributed by atoms with Crippen LogP contribution >= 0.6 is 0 Å². The number of fused-ring (bicyclic) bond motifs is 3. The molecule has 0 spiro atoms. The normalized spacial score (nSPS) is 19.6. The van der Waals surface area contributed by atoms with Gasteiger partial charge in [-0.2, -0.15) is 0 Å². The van der Waals surface area contributed by atoms with Gasteiger partial charge in [0.15, 0.2) is 0 Å². The summed E-state index contributed by atoms with van der Waals surface area (Å²) in [6.07, 6.45) is -5.24. The number of alkyl halides is 2. The highest BCUT2D eigenvalue weighted by Crippen LogP contribution is 2.44. The van der Waals surface area contributed by atoms with E-state index < -0.39 is 48.9 Å². The van der Waals surface area contributed by atoms with E-state index >= 15 is 0 Å². The Morgan fingerprint density at radius 1 is 1.06 bits per heavy atom. The van der Waals surface area contributed by atoms with Crippen LogP contribution in [0.15, 0.2) is 48.5 Å². The highest BCUT2D eigenvalue weighted by Gasteiger charge is 2.37. The van der Waals surface area contributed by atoms with E-state index in [1.807, 2.05) is 53.8 Å². The van der Waals surface area contributed by atoms with Crippen molar-refractivity contribution in [2.24, 2.45) is 5.92 Å². The lowest BCUT2D eigenvalue weighted by Gasteiger charge is -2.22. The van der Waals surface area contributed by atoms with Crippen molar-refractivity contribution < 1.29 is 37.7 Å². The number of alkyl carbamates (subject to hydrolysis) is 1. The van der Waals surface area contributed by atoms with Crippen molar-refractivity contribution in [1.29, 1.82) is 0 Å². The third-order valence-corrected chi connectivity index (χ3v) is 6.35. The van der Waals surface area contributed by atoms with E-state index in [9.17, 15) is 23.2 Å². The second kappa shape index (κ2) is 10.8. The Balaban J connectivity index is 1.30. The highest BCUT2D eigenvalue weighted by atomic mass is 19.3. The van der Waals surface area contributed by atoms with Crippen LogP contribution in [0.25, 0.3) is 11.1 Å². The summed E-state index contributed by atoms with van der Waals surface area (Å²) >= 11 is 0. The molecular weight excluding hydrogens is 462 g/mol. The molecule has 1 heterocycles. The number of halogens is 2. The molecule has 1 unspecified atom stereocenters. The molecule has 3 atom stereocenters. The smallest absolute Gasteiger partial charge is 0.407 e. The molecule has 2 aromatic carbocycles. The molecule has 0 saturated carbocycles. The summed E-state index contributed by atoms with van der Waals surface area (Å²) in [6, 6.07) is 14.1. The summed E-state index contributed by atoms with van der Waals surface area (Å²) in [4.78, 5) is 35.6. The topological polar surface area (TPSA) is 114 Å². The fraction of sp³-hybridized carbons (Fsp3) is 0.400. The van der Waals surface area contributed by atoms with Gasteiger partial charge in [0.2, 0.25) is 5.91 Å². The number of ether oxygens (including phenoxy) is 2. The molecule has 8 nitrogen and oxygen atoms in total. The fourth-order valence-corrected chi connectivity index (χ4v) is 4.65. The number of rotatable bonds is 9. The lowest BCUT2D eigenvalue weighted by molar-refractivity contribution is -0.140. The van der Waals surface area contributed by atoms with Crippen LogP contribution in [0, 0.1) is 5.92 Å². The minimum atomic E-state index is -3.03. The largest absolute Gasteiger partial charge is 0.481 e. The SMILES string of the molecule is O=C(O)CC(NC(=O)[C@@H]1OCC[C@@H]1CNC(=O)OCC1c2ccccc2-c2ccccc21)C(F)F. The van der Waals surface area contributed by atoms with Crippen LogP contribution in [0.2, 0.25) is 0 Å². The molecule has 0 bridgehead atoms. The van der Waals surface area contributed by atoms with Crippen molar-refractivity contribution in [2.75, 3.05) is 19.8 Å². The molecule has 0 aromatic heterocycles. The minimum Gasteiger partial charge on any atom is -0.481 e. The van der Waals surface area contributed by atoms with Gasteiger partial charge in [0.1, 0.15) is 18.8 Å². The number of amides is 2. The lowest BCUT2D eigenvalue weighted by atomic mass is 9.98. The van der Waals surface area contributed by atoms with Crippen molar-refractivity contribution in [3.8, 4) is 11.1 Å². The third-order valence-electron chi connectivity index (χ3n) is 6.35. The number of carboxylic acid groups (broad SMARTS) is 1. The van der Waals surface area contributed by atoms with Crippen molar-refractivity contribution in [3.63, 3.8) is 0 Å². The Kier molecular flexibility index (Phi) is 7.60. The molecule has 186 valence electrons. The molecule has 1 saturated heterocycles. The molecule has 35 heavy (non-hydrogen) atoms. The van der Waals surface area contributed by atoms with E-state index in [1.54, 1.807) is 0 Å². The maximum Gasteiger partial charge on any atom is 0.407 e. The van der Waals surface area contributed by atoms with Crippen LogP contribution in [0.1, 0.15) is 29.9 Å². The monoisotopic (exact) mass is 488 g/mol. The standard InChI is InChI=1S/C25H26F2N2O6/c26-23(27)20(11-21(30)31)29-24(32)22-14(9-10-34-22)12-28-25(33)35-13-19-17-7-3-1-5-15(17)16-6-2-4-8-18(16)19/h1-8,14,19-20,22-23H,9-13H2,(H,28,33)(H,29,32)(H,30,31)/t14-,20?,22-/m1/s1. The first-order valence-electron chi connectivity index (χ1n) is 11.4. The molecule has 4 rings (SSSR count). The predicted octanol–water partition coefficient (Wildman–Crippen LogP) is 3.15. The minimum absolute atomic E-state index is 0.0486. The zero-order valence-corrected chi connectivity index (χ0v) is 18.8. The highest BCUT2D eigenvalue weighted by molar-refractivity contribution is 5.82. The van der Waals surface area contributed by atoms with Gasteiger partial charge in [-0.1, -0.05) is 48.5 Å². The first kappa shape index (κ1) is 24.6. The van der Waals surface area contributed by atoms with Crippen LogP contribution in [0.3, 0.4) is 0 Å². The van der Waals surface area contributed by atoms with Gasteiger partial charge < -0.3 is 25.2 Å². The first-order chi connectivity index (χ1) is 16.8. The van der Waals surface area contributed by atoms with Gasteiger partial charge in [-0.15, -0.1) is 0 Å². The third kappa shape index (κ3) is 5.59. The number of carbonyl (C=O) groups excluding carboxylic acids is 2. The van der Waals surface area contributed by atoms with Crippen molar-refractivity contribution >= 4 is 18.0 Å². The maximum absolute atomic E-state index is 13.1. The van der Waals surface area contributed by atoms with E-state index in [-0.39, 0.29) is 25.7 Å². The van der Waals surface area contributed by atoms with Gasteiger partial charge in [0.05, 0.1) is 6.42 Å². The molecule has 1 fully saturated rings. The summed E-state index contributed by atoms with van der Waals surface area (Å²) in [6.45, 7) is 0.399. The molecular formula is C25H26F2N2O6. The van der Waals surface area contributed by atoms with E-state index in [4.69, 9.17) is 14.6 Å². The van der Waals surface area contributed by atoms with E-state index in [1.165, 1.54) is 0 Å². The van der Waals surface area contributed by atoms with Gasteiger partial charge in [-0.25, -0.2) is 13.6 Å². The van der Waals surface area contributed by atoms with Gasteiger partial charge in [-0.05, 0) is 28.7 Å². The summed E-state index contributed by atoms with van der Waals surface area (Å²) in [5.41, 5.74) is 4.38. The number of carboxylic acids is 1. The molecule has 10 heteroatoms. The Labute approximate surface area is 200 Å². The molecule has 2 aromatic rings. The van der Waals surface area contributed by atoms with E-state index in [0.717, 1.165) is 22.3 Å². The number of carbonyl (C=O) groups is 3. The van der Waals surface area contributed by atoms with Crippen LogP contribution in [-0.4, -0.2) is 61.4 Å². The predicted molar refractivity (Wildman–Crippen MR) is 121 cm³/mol. The van der Waals surface area contributed by atoms with Crippen molar-refractivity contribution in [2.45, 2.75) is 37.3 Å². The fourth-order valence-electron chi connectivity index (χ4n) is 4.65. The number of hydrogen-bond acceptors (Lipinski definition) is 5. The summed E-state index contributed by atoms with van der Waals surface area (Å²) < 4.78 is 37.0. The Hall–Kier alpha value is -3.53. The van der Waals surface area contributed by atoms with E-state index in [2.05, 4.69) is 5.32 Å². The van der Waals surface area contributed by atoms with Crippen LogP contribution < -0.4 is 10.6 Å². The molecule has 2 amide bonds. The van der Waals surface area contributed by atoms with Gasteiger partial charge in [0, 0.05) is 25.0 Å². The summed E-state index contributed by atoms with van der Waals surface area (Å²) in [5.74, 6) is -2.83. The molecule has 3 N–H and O–H groups in total. The van der Waals surface area contributed by atoms with Crippen molar-refractivity contribution in [3.05, 3.63) is 59.7 Å². The van der Waals surface area contributed by atoms with Gasteiger partial charge >= 0.3 is 12.1 Å². The lowest BCUT2D eigenvalue weighted by Crippen LogP contribution is -2.48. The average Bonchev–Trinajstić information content (AvgIpc) is 3.43. The second-order valence-electron chi connectivity index (χ2n) is 8.59. The molecule has 1 aliphatic carbocycles. The number of hydrogen-bond donors (Lipinski definition) is 3. The molecule has 2 aliphatic rings. The number of benzene rings is 2. The van der Waals surface area contributed by atoms with E-state index in [0.29, 0.717) is 6.42 Å². The zero-order valence-electron chi connectivity index (χ0n) is 18.8. The zero-order chi connectivity index (χ0) is 24.9. The number of aliphatic carboxylic acids is 1. The Morgan fingerprint density at radius 2 is 1.69 bits per heavy atom. The second-order valence-corrected chi connectivity index (χ2v) is 8.59. The molecule has 0 radical (unpaired) electrons. The Bertz CT molecular complexity index is 1050. The van der Waals surface area contributed by atoms with Gasteiger partial charge in [-0.3, -0.25) is 9.59 Å².